The van der Waals surface area contributed by atoms with E-state index in [2.05, 4.69) is 22.3 Å². The van der Waals surface area contributed by atoms with Crippen molar-refractivity contribution in [2.45, 2.75) is 32.1 Å². The third-order valence-electron chi connectivity index (χ3n) is 3.87. The Balaban J connectivity index is 2.13. The Labute approximate surface area is 113 Å². The van der Waals surface area contributed by atoms with E-state index in [1.54, 1.807) is 13.3 Å². The number of nitrogens with zero attached hydrogens (tertiary/aromatic N) is 1. The van der Waals surface area contributed by atoms with Crippen LogP contribution in [0.2, 0.25) is 0 Å². The van der Waals surface area contributed by atoms with Crippen LogP contribution in [0.25, 0.3) is 11.1 Å². The number of ether oxygens (including phenoxy) is 1. The highest BCUT2D eigenvalue weighted by Crippen LogP contribution is 2.36. The van der Waals surface area contributed by atoms with Crippen molar-refractivity contribution in [1.29, 1.82) is 0 Å². The van der Waals surface area contributed by atoms with Crippen LogP contribution in [-0.4, -0.2) is 17.3 Å². The Bertz CT molecular complexity index is 589. The summed E-state index contributed by atoms with van der Waals surface area (Å²) < 4.78 is 5.53. The second-order valence-electron chi connectivity index (χ2n) is 5.08. The van der Waals surface area contributed by atoms with E-state index in [-0.39, 0.29) is 0 Å². The Morgan fingerprint density at radius 1 is 1.11 bits per heavy atom. The van der Waals surface area contributed by atoms with Gasteiger partial charge in [-0.25, -0.2) is 0 Å². The lowest BCUT2D eigenvalue weighted by Crippen LogP contribution is -1.97. The van der Waals surface area contributed by atoms with Crippen LogP contribution >= 0.6 is 0 Å². The molecule has 0 atom stereocenters. The number of aromatic amines is 1. The molecule has 1 aliphatic carbocycles. The monoisotopic (exact) mass is 257 g/mol. The number of aromatic nitrogens is 2. The number of methoxy groups -OCH3 is 1. The Morgan fingerprint density at radius 3 is 2.47 bits per heavy atom. The van der Waals surface area contributed by atoms with E-state index >= 15 is 0 Å². The highest BCUT2D eigenvalue weighted by molar-refractivity contribution is 5.79. The summed E-state index contributed by atoms with van der Waals surface area (Å²) in [5.74, 6) is 1.47. The predicted molar refractivity (Wildman–Crippen MR) is 76.2 cm³/mol. The zero-order valence-corrected chi connectivity index (χ0v) is 11.2. The zero-order chi connectivity index (χ0) is 13.2. The van der Waals surface area contributed by atoms with Gasteiger partial charge in [-0.05, 0) is 48.9 Å². The first kappa shape index (κ1) is 12.1. The Morgan fingerprint density at radius 2 is 1.84 bits per heavy atom. The highest BCUT2D eigenvalue weighted by Gasteiger charge is 2.16. The fourth-order valence-corrected chi connectivity index (χ4v) is 2.83. The number of anilines is 1. The number of fused-ring (bicyclic) bond motifs is 1. The average molecular weight is 257 g/mol. The molecule has 0 bridgehead atoms. The number of H-pyrrole nitrogens is 1. The molecule has 0 saturated heterocycles. The fraction of sp³-hybridized carbons (Fsp3) is 0.400. The van der Waals surface area contributed by atoms with Crippen molar-refractivity contribution < 1.29 is 4.74 Å². The molecule has 3 N–H and O–H groups in total. The molecule has 4 nitrogen and oxygen atoms in total. The molecule has 1 aromatic heterocycles. The molecule has 0 aliphatic heterocycles. The number of rotatable bonds is 2. The first-order chi connectivity index (χ1) is 9.29. The van der Waals surface area contributed by atoms with Crippen molar-refractivity contribution in [1.82, 2.24) is 10.2 Å². The van der Waals surface area contributed by atoms with Gasteiger partial charge in [-0.2, -0.15) is 5.10 Å². The van der Waals surface area contributed by atoms with Crippen LogP contribution in [0, 0.1) is 0 Å². The molecule has 0 radical (unpaired) electrons. The van der Waals surface area contributed by atoms with Gasteiger partial charge in [0, 0.05) is 11.1 Å². The largest absolute Gasteiger partial charge is 0.496 e. The Kier molecular flexibility index (Phi) is 3.15. The molecule has 19 heavy (non-hydrogen) atoms. The standard InChI is InChI=1S/C15H19N3O/c1-19-14-8-11-6-4-2-3-5-10(11)7-12(14)13-9-17-18-15(13)16/h7-9H,2-6H2,1H3,(H3,16,17,18). The minimum Gasteiger partial charge on any atom is -0.496 e. The second-order valence-corrected chi connectivity index (χ2v) is 5.08. The van der Waals surface area contributed by atoms with E-state index in [1.807, 2.05) is 0 Å². The molecule has 3 rings (SSSR count). The quantitative estimate of drug-likeness (QED) is 0.813. The Hall–Kier alpha value is -1.97. The molecule has 2 aromatic rings. The summed E-state index contributed by atoms with van der Waals surface area (Å²) in [5, 5.41) is 6.78. The minimum atomic E-state index is 0.590. The van der Waals surface area contributed by atoms with Gasteiger partial charge in [0.2, 0.25) is 0 Å². The normalized spacial score (nSPS) is 14.8. The van der Waals surface area contributed by atoms with Crippen molar-refractivity contribution in [3.8, 4) is 16.9 Å². The van der Waals surface area contributed by atoms with Crippen molar-refractivity contribution in [3.63, 3.8) is 0 Å². The molecule has 0 amide bonds. The number of hydrogen-bond acceptors (Lipinski definition) is 3. The fourth-order valence-electron chi connectivity index (χ4n) is 2.83. The lowest BCUT2D eigenvalue weighted by atomic mass is 9.96. The maximum absolute atomic E-state index is 5.93. The van der Waals surface area contributed by atoms with Gasteiger partial charge in [-0.1, -0.05) is 6.42 Å². The van der Waals surface area contributed by atoms with Gasteiger partial charge in [0.15, 0.2) is 0 Å². The predicted octanol–water partition coefficient (Wildman–Crippen LogP) is 2.94. The molecular formula is C15H19N3O. The van der Waals surface area contributed by atoms with Crippen LogP contribution in [0.15, 0.2) is 18.3 Å². The molecule has 1 aliphatic rings. The zero-order valence-electron chi connectivity index (χ0n) is 11.2. The van der Waals surface area contributed by atoms with Crippen LogP contribution in [-0.2, 0) is 12.8 Å². The molecular weight excluding hydrogens is 238 g/mol. The third kappa shape index (κ3) is 2.18. The van der Waals surface area contributed by atoms with Crippen molar-refractivity contribution in [2.24, 2.45) is 0 Å². The highest BCUT2D eigenvalue weighted by atomic mass is 16.5. The molecule has 1 heterocycles. The summed E-state index contributed by atoms with van der Waals surface area (Å²) in [7, 11) is 1.71. The van der Waals surface area contributed by atoms with Crippen LogP contribution in [0.1, 0.15) is 30.4 Å². The van der Waals surface area contributed by atoms with Gasteiger partial charge in [-0.3, -0.25) is 5.10 Å². The number of hydrogen-bond donors (Lipinski definition) is 2. The van der Waals surface area contributed by atoms with Crippen LogP contribution in [0.4, 0.5) is 5.82 Å². The minimum absolute atomic E-state index is 0.590. The molecule has 4 heteroatoms. The summed E-state index contributed by atoms with van der Waals surface area (Å²) in [6, 6.07) is 4.39. The maximum atomic E-state index is 5.93. The number of benzene rings is 1. The van der Waals surface area contributed by atoms with Gasteiger partial charge in [0.25, 0.3) is 0 Å². The molecule has 1 aromatic carbocycles. The van der Waals surface area contributed by atoms with E-state index in [1.165, 1.54) is 30.4 Å². The summed E-state index contributed by atoms with van der Waals surface area (Å²) in [6.07, 6.45) is 7.89. The average Bonchev–Trinajstić information content (AvgIpc) is 2.72. The maximum Gasteiger partial charge on any atom is 0.127 e. The lowest BCUT2D eigenvalue weighted by molar-refractivity contribution is 0.416. The molecule has 0 saturated carbocycles. The molecule has 0 fully saturated rings. The van der Waals surface area contributed by atoms with Gasteiger partial charge >= 0.3 is 0 Å². The SMILES string of the molecule is COc1cc2c(cc1-c1cn[nH]c1N)CCCCC2. The van der Waals surface area contributed by atoms with Gasteiger partial charge < -0.3 is 10.5 Å². The summed E-state index contributed by atoms with van der Waals surface area (Å²) in [5.41, 5.74) is 10.7. The first-order valence-electron chi connectivity index (χ1n) is 6.78. The van der Waals surface area contributed by atoms with E-state index in [9.17, 15) is 0 Å². The molecule has 0 unspecified atom stereocenters. The number of aryl methyl sites for hydroxylation is 2. The van der Waals surface area contributed by atoms with Crippen molar-refractivity contribution >= 4 is 5.82 Å². The van der Waals surface area contributed by atoms with Gasteiger partial charge in [0.05, 0.1) is 13.3 Å². The number of nitrogens with one attached hydrogen (secondary N) is 1. The second kappa shape index (κ2) is 4.96. The van der Waals surface area contributed by atoms with Gasteiger partial charge in [0.1, 0.15) is 11.6 Å². The summed E-state index contributed by atoms with van der Waals surface area (Å²) >= 11 is 0. The van der Waals surface area contributed by atoms with Crippen molar-refractivity contribution in [3.05, 3.63) is 29.5 Å². The molecule has 100 valence electrons. The van der Waals surface area contributed by atoms with Crippen LogP contribution < -0.4 is 10.5 Å². The summed E-state index contributed by atoms with van der Waals surface area (Å²) in [4.78, 5) is 0. The number of nitrogen functional groups attached to an aromatic ring is 1. The van der Waals surface area contributed by atoms with E-state index in [0.717, 1.165) is 29.7 Å². The first-order valence-corrected chi connectivity index (χ1v) is 6.78. The number of nitrogens with two attached hydrogens (primary N) is 1. The van der Waals surface area contributed by atoms with E-state index in [4.69, 9.17) is 10.5 Å². The van der Waals surface area contributed by atoms with Crippen LogP contribution in [0.3, 0.4) is 0 Å². The topological polar surface area (TPSA) is 63.9 Å². The third-order valence-corrected chi connectivity index (χ3v) is 3.87. The summed E-state index contributed by atoms with van der Waals surface area (Å²) in [6.45, 7) is 0. The molecule has 0 spiro atoms. The van der Waals surface area contributed by atoms with E-state index < -0.39 is 0 Å². The van der Waals surface area contributed by atoms with Crippen LogP contribution in [0.5, 0.6) is 5.75 Å². The van der Waals surface area contributed by atoms with E-state index in [0.29, 0.717) is 5.82 Å². The van der Waals surface area contributed by atoms with Gasteiger partial charge in [-0.15, -0.1) is 0 Å². The smallest absolute Gasteiger partial charge is 0.127 e. The lowest BCUT2D eigenvalue weighted by Gasteiger charge is -2.13. The van der Waals surface area contributed by atoms with Crippen molar-refractivity contribution in [2.75, 3.05) is 12.8 Å².